The molecule has 1 aromatic carbocycles. The van der Waals surface area contributed by atoms with Gasteiger partial charge in [0.1, 0.15) is 0 Å². The van der Waals surface area contributed by atoms with E-state index < -0.39 is 0 Å². The van der Waals surface area contributed by atoms with Crippen molar-refractivity contribution >= 4 is 29.1 Å². The van der Waals surface area contributed by atoms with Crippen molar-refractivity contribution in [3.8, 4) is 0 Å². The van der Waals surface area contributed by atoms with Crippen LogP contribution in [0, 0.1) is 5.92 Å². The highest BCUT2D eigenvalue weighted by molar-refractivity contribution is 7.98. The first-order valence-electron chi connectivity index (χ1n) is 7.70. The van der Waals surface area contributed by atoms with E-state index in [9.17, 15) is 0 Å². The molecular formula is C17H29ClN2S. The summed E-state index contributed by atoms with van der Waals surface area (Å²) < 4.78 is 0. The van der Waals surface area contributed by atoms with E-state index in [-0.39, 0.29) is 0 Å². The average Bonchev–Trinajstić information content (AvgIpc) is 2.45. The largest absolute Gasteiger partial charge is 0.371 e. The van der Waals surface area contributed by atoms with Crippen LogP contribution in [-0.4, -0.2) is 31.6 Å². The van der Waals surface area contributed by atoms with Crippen LogP contribution in [0.5, 0.6) is 0 Å². The summed E-state index contributed by atoms with van der Waals surface area (Å²) in [6.45, 7) is 8.52. The van der Waals surface area contributed by atoms with Gasteiger partial charge in [-0.25, -0.2) is 0 Å². The van der Waals surface area contributed by atoms with Crippen molar-refractivity contribution in [1.29, 1.82) is 0 Å². The summed E-state index contributed by atoms with van der Waals surface area (Å²) in [5.74, 6) is 1.80. The van der Waals surface area contributed by atoms with Gasteiger partial charge in [-0.05, 0) is 42.8 Å². The third-order valence-electron chi connectivity index (χ3n) is 3.69. The number of anilines is 1. The summed E-state index contributed by atoms with van der Waals surface area (Å²) >= 11 is 8.34. The Balaban J connectivity index is 2.72. The van der Waals surface area contributed by atoms with Gasteiger partial charge in [0.2, 0.25) is 0 Å². The van der Waals surface area contributed by atoms with Crippen molar-refractivity contribution in [2.45, 2.75) is 39.8 Å². The van der Waals surface area contributed by atoms with E-state index in [0.29, 0.717) is 12.0 Å². The molecule has 0 aliphatic carbocycles. The molecule has 120 valence electrons. The fourth-order valence-corrected chi connectivity index (χ4v) is 3.39. The third-order valence-corrected chi connectivity index (χ3v) is 4.76. The zero-order chi connectivity index (χ0) is 15.8. The number of thioether (sulfide) groups is 1. The molecule has 0 amide bonds. The van der Waals surface area contributed by atoms with Crippen LogP contribution < -0.4 is 10.2 Å². The van der Waals surface area contributed by atoms with Gasteiger partial charge in [-0.15, -0.1) is 0 Å². The minimum absolute atomic E-state index is 0.556. The van der Waals surface area contributed by atoms with Crippen molar-refractivity contribution in [1.82, 2.24) is 5.32 Å². The second kappa shape index (κ2) is 9.60. The lowest BCUT2D eigenvalue weighted by molar-refractivity contribution is 0.552. The monoisotopic (exact) mass is 328 g/mol. The molecule has 0 aliphatic rings. The molecule has 1 unspecified atom stereocenters. The quantitative estimate of drug-likeness (QED) is 0.709. The minimum Gasteiger partial charge on any atom is -0.371 e. The molecule has 2 nitrogen and oxygen atoms in total. The van der Waals surface area contributed by atoms with Crippen LogP contribution in [0.3, 0.4) is 0 Å². The van der Waals surface area contributed by atoms with Gasteiger partial charge in [0.25, 0.3) is 0 Å². The first-order chi connectivity index (χ1) is 9.99. The van der Waals surface area contributed by atoms with Crippen LogP contribution in [0.2, 0.25) is 5.02 Å². The van der Waals surface area contributed by atoms with Gasteiger partial charge in [0, 0.05) is 36.1 Å². The van der Waals surface area contributed by atoms with Crippen molar-refractivity contribution in [2.24, 2.45) is 5.92 Å². The lowest BCUT2D eigenvalue weighted by Crippen LogP contribution is -2.33. The first-order valence-corrected chi connectivity index (χ1v) is 9.47. The SMILES string of the molecule is CCC(CSC)N(C)c1ccc(CNCC(C)C)c(Cl)c1. The van der Waals surface area contributed by atoms with Crippen LogP contribution in [-0.2, 0) is 6.54 Å². The number of rotatable bonds is 9. The number of hydrogen-bond donors (Lipinski definition) is 1. The minimum atomic E-state index is 0.556. The summed E-state index contributed by atoms with van der Waals surface area (Å²) in [4.78, 5) is 2.34. The molecule has 1 aromatic rings. The zero-order valence-electron chi connectivity index (χ0n) is 13.9. The molecule has 0 aromatic heterocycles. The molecule has 0 heterocycles. The van der Waals surface area contributed by atoms with Crippen LogP contribution in [0.15, 0.2) is 18.2 Å². The van der Waals surface area contributed by atoms with E-state index in [2.05, 4.69) is 62.5 Å². The predicted octanol–water partition coefficient (Wildman–Crippen LogP) is 4.66. The Labute approximate surface area is 139 Å². The van der Waals surface area contributed by atoms with E-state index in [4.69, 9.17) is 11.6 Å². The molecule has 0 radical (unpaired) electrons. The van der Waals surface area contributed by atoms with E-state index >= 15 is 0 Å². The number of benzene rings is 1. The molecule has 0 saturated carbocycles. The first kappa shape index (κ1) is 18.7. The maximum Gasteiger partial charge on any atom is 0.0471 e. The predicted molar refractivity (Wildman–Crippen MR) is 98.9 cm³/mol. The molecule has 0 spiro atoms. The van der Waals surface area contributed by atoms with Crippen molar-refractivity contribution < 1.29 is 0 Å². The maximum absolute atomic E-state index is 6.44. The average molecular weight is 329 g/mol. The molecule has 0 bridgehead atoms. The summed E-state index contributed by atoms with van der Waals surface area (Å²) in [6.07, 6.45) is 3.31. The van der Waals surface area contributed by atoms with Gasteiger partial charge in [-0.2, -0.15) is 11.8 Å². The van der Waals surface area contributed by atoms with E-state index in [0.717, 1.165) is 30.3 Å². The molecule has 1 rings (SSSR count). The maximum atomic E-state index is 6.44. The van der Waals surface area contributed by atoms with Gasteiger partial charge in [-0.3, -0.25) is 0 Å². The Hall–Kier alpha value is -0.380. The molecule has 21 heavy (non-hydrogen) atoms. The number of hydrogen-bond acceptors (Lipinski definition) is 3. The second-order valence-electron chi connectivity index (χ2n) is 5.93. The molecule has 0 aliphatic heterocycles. The molecule has 1 N–H and O–H groups in total. The van der Waals surface area contributed by atoms with Gasteiger partial charge in [0.05, 0.1) is 0 Å². The number of nitrogens with zero attached hydrogens (tertiary/aromatic N) is 1. The normalized spacial score (nSPS) is 12.7. The molecule has 1 atom stereocenters. The summed E-state index contributed by atoms with van der Waals surface area (Å²) in [5, 5.41) is 4.30. The molecule has 0 fully saturated rings. The van der Waals surface area contributed by atoms with Gasteiger partial charge < -0.3 is 10.2 Å². The highest BCUT2D eigenvalue weighted by Crippen LogP contribution is 2.25. The molecule has 4 heteroatoms. The van der Waals surface area contributed by atoms with E-state index in [1.165, 1.54) is 11.3 Å². The van der Waals surface area contributed by atoms with E-state index in [1.54, 1.807) is 0 Å². The second-order valence-corrected chi connectivity index (χ2v) is 7.25. The molecule has 0 saturated heterocycles. The lowest BCUT2D eigenvalue weighted by atomic mass is 10.1. The number of halogens is 1. The highest BCUT2D eigenvalue weighted by atomic mass is 35.5. The fourth-order valence-electron chi connectivity index (χ4n) is 2.30. The third kappa shape index (κ3) is 6.09. The van der Waals surface area contributed by atoms with Crippen LogP contribution in [0.1, 0.15) is 32.8 Å². The van der Waals surface area contributed by atoms with Gasteiger partial charge >= 0.3 is 0 Å². The van der Waals surface area contributed by atoms with Crippen LogP contribution in [0.4, 0.5) is 5.69 Å². The standard InChI is InChI=1S/C17H29ClN2S/c1-6-15(12-21-5)20(4)16-8-7-14(17(18)9-16)11-19-10-13(2)3/h7-9,13,15,19H,6,10-12H2,1-5H3. The van der Waals surface area contributed by atoms with Crippen molar-refractivity contribution in [2.75, 3.05) is 30.5 Å². The van der Waals surface area contributed by atoms with Crippen LogP contribution in [0.25, 0.3) is 0 Å². The zero-order valence-corrected chi connectivity index (χ0v) is 15.5. The smallest absolute Gasteiger partial charge is 0.0471 e. The van der Waals surface area contributed by atoms with Crippen molar-refractivity contribution in [3.05, 3.63) is 28.8 Å². The van der Waals surface area contributed by atoms with Crippen molar-refractivity contribution in [3.63, 3.8) is 0 Å². The Morgan fingerprint density at radius 1 is 1.33 bits per heavy atom. The van der Waals surface area contributed by atoms with Gasteiger partial charge in [0.15, 0.2) is 0 Å². The Morgan fingerprint density at radius 3 is 2.57 bits per heavy atom. The number of nitrogens with one attached hydrogen (secondary N) is 1. The lowest BCUT2D eigenvalue weighted by Gasteiger charge is -2.29. The Bertz CT molecular complexity index is 423. The summed E-state index contributed by atoms with van der Waals surface area (Å²) in [5.41, 5.74) is 2.38. The summed E-state index contributed by atoms with van der Waals surface area (Å²) in [7, 11) is 2.16. The Kier molecular flexibility index (Phi) is 8.53. The fraction of sp³-hybridized carbons (Fsp3) is 0.647. The summed E-state index contributed by atoms with van der Waals surface area (Å²) in [6, 6.07) is 6.98. The van der Waals surface area contributed by atoms with Crippen LogP contribution >= 0.6 is 23.4 Å². The highest BCUT2D eigenvalue weighted by Gasteiger charge is 2.14. The van der Waals surface area contributed by atoms with E-state index in [1.807, 2.05) is 11.8 Å². The Morgan fingerprint density at radius 2 is 2.05 bits per heavy atom. The van der Waals surface area contributed by atoms with Gasteiger partial charge in [-0.1, -0.05) is 38.4 Å². The molecular weight excluding hydrogens is 300 g/mol. The topological polar surface area (TPSA) is 15.3 Å².